The highest BCUT2D eigenvalue weighted by atomic mass is 32.2. The minimum absolute atomic E-state index is 0.111. The predicted molar refractivity (Wildman–Crippen MR) is 72.2 cm³/mol. The average Bonchev–Trinajstić information content (AvgIpc) is 2.38. The van der Waals surface area contributed by atoms with Crippen LogP contribution in [0.25, 0.3) is 0 Å². The van der Waals surface area contributed by atoms with E-state index in [1.165, 1.54) is 0 Å². The summed E-state index contributed by atoms with van der Waals surface area (Å²) in [6.07, 6.45) is 2.42. The molecule has 0 heterocycles. The van der Waals surface area contributed by atoms with Gasteiger partial charge >= 0.3 is 0 Å². The van der Waals surface area contributed by atoms with E-state index in [1.807, 2.05) is 6.92 Å². The molecule has 1 amide bonds. The van der Waals surface area contributed by atoms with Crippen molar-refractivity contribution in [3.8, 4) is 0 Å². The summed E-state index contributed by atoms with van der Waals surface area (Å²) in [6, 6.07) is 6.81. The molecule has 0 saturated heterocycles. The Morgan fingerprint density at radius 2 is 2.00 bits per heavy atom. The minimum atomic E-state index is -1.01. The molecule has 0 fully saturated rings. The molecule has 0 aromatic heterocycles. The molecule has 0 aliphatic rings. The maximum Gasteiger partial charge on any atom is 0.251 e. The molecule has 1 atom stereocenters. The SMILES string of the molecule is CCOCCCNC(=O)c1ccc(S(C)=O)cc1. The van der Waals surface area contributed by atoms with Gasteiger partial charge in [0.25, 0.3) is 5.91 Å². The summed E-state index contributed by atoms with van der Waals surface area (Å²) in [6.45, 7) is 3.90. The number of hydrogen-bond donors (Lipinski definition) is 1. The number of amides is 1. The van der Waals surface area contributed by atoms with Crippen molar-refractivity contribution in [3.63, 3.8) is 0 Å². The Hall–Kier alpha value is -1.20. The number of carbonyl (C=O) groups excluding carboxylic acids is 1. The van der Waals surface area contributed by atoms with Gasteiger partial charge in [0, 0.05) is 47.3 Å². The van der Waals surface area contributed by atoms with Crippen molar-refractivity contribution < 1.29 is 13.7 Å². The zero-order valence-corrected chi connectivity index (χ0v) is 11.6. The molecule has 1 N–H and O–H groups in total. The first-order valence-electron chi connectivity index (χ1n) is 5.94. The van der Waals surface area contributed by atoms with Gasteiger partial charge in [0.2, 0.25) is 0 Å². The summed E-state index contributed by atoms with van der Waals surface area (Å²) in [5.41, 5.74) is 0.584. The third-order valence-corrected chi connectivity index (χ3v) is 3.34. The molecule has 0 aliphatic heterocycles. The molecule has 0 bridgehead atoms. The molecule has 1 rings (SSSR count). The highest BCUT2D eigenvalue weighted by molar-refractivity contribution is 7.84. The van der Waals surface area contributed by atoms with Gasteiger partial charge in [-0.15, -0.1) is 0 Å². The highest BCUT2D eigenvalue weighted by Gasteiger charge is 2.05. The summed E-state index contributed by atoms with van der Waals surface area (Å²) in [5, 5.41) is 2.81. The molecule has 1 aromatic rings. The number of benzene rings is 1. The number of carbonyl (C=O) groups is 1. The van der Waals surface area contributed by atoms with Crippen LogP contribution in [0.3, 0.4) is 0 Å². The van der Waals surface area contributed by atoms with E-state index in [1.54, 1.807) is 30.5 Å². The number of rotatable bonds is 7. The number of ether oxygens (including phenoxy) is 1. The largest absolute Gasteiger partial charge is 0.382 e. The Morgan fingerprint density at radius 1 is 1.33 bits per heavy atom. The van der Waals surface area contributed by atoms with E-state index >= 15 is 0 Å². The van der Waals surface area contributed by atoms with Crippen molar-refractivity contribution in [1.29, 1.82) is 0 Å². The van der Waals surface area contributed by atoms with Crippen LogP contribution < -0.4 is 5.32 Å². The Labute approximate surface area is 110 Å². The average molecular weight is 269 g/mol. The molecule has 0 saturated carbocycles. The zero-order valence-electron chi connectivity index (χ0n) is 10.8. The van der Waals surface area contributed by atoms with Crippen molar-refractivity contribution in [2.24, 2.45) is 0 Å². The second-order valence-corrected chi connectivity index (χ2v) is 5.16. The second kappa shape index (κ2) is 8.00. The van der Waals surface area contributed by atoms with E-state index in [-0.39, 0.29) is 5.91 Å². The topological polar surface area (TPSA) is 55.4 Å². The molecule has 1 aromatic carbocycles. The van der Waals surface area contributed by atoms with E-state index in [4.69, 9.17) is 4.74 Å². The fraction of sp³-hybridized carbons (Fsp3) is 0.462. The van der Waals surface area contributed by atoms with Crippen LogP contribution >= 0.6 is 0 Å². The lowest BCUT2D eigenvalue weighted by atomic mass is 10.2. The van der Waals surface area contributed by atoms with Gasteiger partial charge in [-0.1, -0.05) is 0 Å². The van der Waals surface area contributed by atoms with E-state index in [2.05, 4.69) is 5.32 Å². The van der Waals surface area contributed by atoms with Gasteiger partial charge in [0.05, 0.1) is 0 Å². The fourth-order valence-electron chi connectivity index (χ4n) is 1.42. The van der Waals surface area contributed by atoms with Gasteiger partial charge < -0.3 is 10.1 Å². The lowest BCUT2D eigenvalue weighted by Gasteiger charge is -2.05. The third-order valence-electron chi connectivity index (χ3n) is 2.40. The maximum absolute atomic E-state index is 11.7. The molecule has 0 spiro atoms. The first kappa shape index (κ1) is 14.9. The van der Waals surface area contributed by atoms with Crippen molar-refractivity contribution in [2.45, 2.75) is 18.2 Å². The summed E-state index contributed by atoms with van der Waals surface area (Å²) in [4.78, 5) is 12.5. The normalized spacial score (nSPS) is 12.1. The summed E-state index contributed by atoms with van der Waals surface area (Å²) in [5.74, 6) is -0.111. The lowest BCUT2D eigenvalue weighted by molar-refractivity contribution is 0.0944. The fourth-order valence-corrected chi connectivity index (χ4v) is 1.94. The quantitative estimate of drug-likeness (QED) is 0.765. The minimum Gasteiger partial charge on any atom is -0.382 e. The molecule has 0 aliphatic carbocycles. The summed E-state index contributed by atoms with van der Waals surface area (Å²) < 4.78 is 16.4. The van der Waals surface area contributed by atoms with Crippen LogP contribution in [0.4, 0.5) is 0 Å². The number of hydrogen-bond acceptors (Lipinski definition) is 3. The first-order chi connectivity index (χ1) is 8.65. The van der Waals surface area contributed by atoms with E-state index < -0.39 is 10.8 Å². The lowest BCUT2D eigenvalue weighted by Crippen LogP contribution is -2.25. The monoisotopic (exact) mass is 269 g/mol. The first-order valence-corrected chi connectivity index (χ1v) is 7.50. The van der Waals surface area contributed by atoms with E-state index in [9.17, 15) is 9.00 Å². The van der Waals surface area contributed by atoms with Gasteiger partial charge in [-0.05, 0) is 37.6 Å². The third kappa shape index (κ3) is 4.98. The van der Waals surface area contributed by atoms with Crippen LogP contribution in [0.5, 0.6) is 0 Å². The molecular weight excluding hydrogens is 250 g/mol. The molecule has 100 valence electrons. The summed E-state index contributed by atoms with van der Waals surface area (Å²) >= 11 is 0. The van der Waals surface area contributed by atoms with Crippen molar-refractivity contribution in [1.82, 2.24) is 5.32 Å². The molecule has 18 heavy (non-hydrogen) atoms. The van der Waals surface area contributed by atoms with Crippen LogP contribution in [0.1, 0.15) is 23.7 Å². The van der Waals surface area contributed by atoms with Gasteiger partial charge in [-0.2, -0.15) is 0 Å². The van der Waals surface area contributed by atoms with Crippen molar-refractivity contribution in [2.75, 3.05) is 26.0 Å². The van der Waals surface area contributed by atoms with Crippen LogP contribution in [0.2, 0.25) is 0 Å². The standard InChI is InChI=1S/C13H19NO3S/c1-3-17-10-4-9-14-13(15)11-5-7-12(8-6-11)18(2)16/h5-8H,3-4,9-10H2,1-2H3,(H,14,15). The van der Waals surface area contributed by atoms with Gasteiger partial charge in [0.15, 0.2) is 0 Å². The molecule has 1 unspecified atom stereocenters. The predicted octanol–water partition coefficient (Wildman–Crippen LogP) is 1.58. The highest BCUT2D eigenvalue weighted by Crippen LogP contribution is 2.07. The summed E-state index contributed by atoms with van der Waals surface area (Å²) in [7, 11) is -1.01. The smallest absolute Gasteiger partial charge is 0.251 e. The van der Waals surface area contributed by atoms with Crippen LogP contribution in [-0.2, 0) is 15.5 Å². The van der Waals surface area contributed by atoms with E-state index in [0.717, 1.165) is 11.3 Å². The maximum atomic E-state index is 11.7. The molecule has 4 nitrogen and oxygen atoms in total. The Kier molecular flexibility index (Phi) is 6.60. The van der Waals surface area contributed by atoms with Crippen LogP contribution in [-0.4, -0.2) is 36.1 Å². The molecular formula is C13H19NO3S. The van der Waals surface area contributed by atoms with Crippen molar-refractivity contribution in [3.05, 3.63) is 29.8 Å². The molecule has 0 radical (unpaired) electrons. The number of nitrogens with one attached hydrogen (secondary N) is 1. The second-order valence-electron chi connectivity index (χ2n) is 3.78. The zero-order chi connectivity index (χ0) is 13.4. The Bertz CT molecular complexity index is 403. The Balaban J connectivity index is 2.39. The van der Waals surface area contributed by atoms with Gasteiger partial charge in [-0.3, -0.25) is 9.00 Å². The van der Waals surface area contributed by atoms with E-state index in [0.29, 0.717) is 25.3 Å². The van der Waals surface area contributed by atoms with Gasteiger partial charge in [0.1, 0.15) is 0 Å². The Morgan fingerprint density at radius 3 is 2.56 bits per heavy atom. The van der Waals surface area contributed by atoms with Crippen LogP contribution in [0, 0.1) is 0 Å². The van der Waals surface area contributed by atoms with Crippen molar-refractivity contribution >= 4 is 16.7 Å². The van der Waals surface area contributed by atoms with Crippen LogP contribution in [0.15, 0.2) is 29.2 Å². The molecule has 5 heteroatoms. The van der Waals surface area contributed by atoms with Gasteiger partial charge in [-0.25, -0.2) is 0 Å².